The van der Waals surface area contributed by atoms with Crippen LogP contribution >= 0.6 is 0 Å². The van der Waals surface area contributed by atoms with E-state index in [9.17, 15) is 15.0 Å². The summed E-state index contributed by atoms with van der Waals surface area (Å²) in [4.78, 5) is 13.9. The summed E-state index contributed by atoms with van der Waals surface area (Å²) >= 11 is 0. The molecule has 2 heterocycles. The van der Waals surface area contributed by atoms with Gasteiger partial charge in [0.2, 0.25) is 5.91 Å². The van der Waals surface area contributed by atoms with Crippen molar-refractivity contribution in [3.05, 3.63) is 11.9 Å². The van der Waals surface area contributed by atoms with Gasteiger partial charge in [0.15, 0.2) is 0 Å². The average molecular weight is 356 g/mol. The van der Waals surface area contributed by atoms with Crippen molar-refractivity contribution in [1.29, 1.82) is 0 Å². The zero-order valence-corrected chi connectivity index (χ0v) is 14.9. The molecule has 25 heavy (non-hydrogen) atoms. The van der Waals surface area contributed by atoms with Crippen LogP contribution in [-0.2, 0) is 22.6 Å². The number of nitrogens with one attached hydrogen (secondary N) is 2. The highest BCUT2D eigenvalue weighted by Gasteiger charge is 2.43. The Morgan fingerprint density at radius 2 is 2.08 bits per heavy atom. The van der Waals surface area contributed by atoms with Gasteiger partial charge in [0.05, 0.1) is 24.8 Å². The van der Waals surface area contributed by atoms with Crippen molar-refractivity contribution in [3.63, 3.8) is 0 Å². The molecule has 2 rings (SSSR count). The minimum atomic E-state index is -1.11. The maximum atomic E-state index is 11.9. The number of nitrogens with zero attached hydrogens (tertiary/aromatic N) is 4. The van der Waals surface area contributed by atoms with E-state index in [0.29, 0.717) is 13.1 Å². The van der Waals surface area contributed by atoms with Gasteiger partial charge in [-0.15, -0.1) is 5.10 Å². The Hall–Kier alpha value is -1.59. The van der Waals surface area contributed by atoms with E-state index in [4.69, 9.17) is 4.74 Å². The second-order valence-electron chi connectivity index (χ2n) is 6.51. The molecule has 0 spiro atoms. The largest absolute Gasteiger partial charge is 0.388 e. The van der Waals surface area contributed by atoms with Crippen molar-refractivity contribution < 1.29 is 19.7 Å². The molecular weight excluding hydrogens is 328 g/mol. The maximum Gasteiger partial charge on any atom is 0.222 e. The van der Waals surface area contributed by atoms with Crippen LogP contribution in [0.3, 0.4) is 0 Å². The molecule has 1 aliphatic rings. The van der Waals surface area contributed by atoms with Crippen LogP contribution in [0, 0.1) is 0 Å². The van der Waals surface area contributed by atoms with Gasteiger partial charge >= 0.3 is 0 Å². The van der Waals surface area contributed by atoms with Crippen LogP contribution in [0.1, 0.15) is 12.1 Å². The van der Waals surface area contributed by atoms with E-state index in [1.807, 2.05) is 26.0 Å². The lowest BCUT2D eigenvalue weighted by molar-refractivity contribution is -0.125. The van der Waals surface area contributed by atoms with Crippen molar-refractivity contribution in [1.82, 2.24) is 30.5 Å². The highest BCUT2D eigenvalue weighted by molar-refractivity contribution is 5.76. The lowest BCUT2D eigenvalue weighted by atomic mass is 10.1. The molecule has 1 aromatic heterocycles. The molecule has 4 N–H and O–H groups in total. The van der Waals surface area contributed by atoms with Crippen LogP contribution < -0.4 is 10.6 Å². The number of aromatic nitrogens is 3. The predicted molar refractivity (Wildman–Crippen MR) is 89.6 cm³/mol. The summed E-state index contributed by atoms with van der Waals surface area (Å²) in [7, 11) is 5.65. The van der Waals surface area contributed by atoms with E-state index in [0.717, 1.165) is 12.2 Å². The van der Waals surface area contributed by atoms with E-state index < -0.39 is 24.4 Å². The summed E-state index contributed by atoms with van der Waals surface area (Å²) in [6, 6.07) is 0. The number of carbonyl (C=O) groups excluding carboxylic acids is 1. The molecule has 4 atom stereocenters. The molecule has 0 saturated carbocycles. The molecule has 0 unspecified atom stereocenters. The average Bonchev–Trinajstić information content (AvgIpc) is 3.08. The summed E-state index contributed by atoms with van der Waals surface area (Å²) in [5, 5.41) is 34.0. The monoisotopic (exact) mass is 356 g/mol. The molecule has 142 valence electrons. The number of likely N-dealkylation sites (N-methyl/N-ethyl adjacent to an activating group) is 1. The van der Waals surface area contributed by atoms with Crippen LogP contribution in [-0.4, -0.2) is 94.7 Å². The van der Waals surface area contributed by atoms with Gasteiger partial charge in [0, 0.05) is 25.8 Å². The van der Waals surface area contributed by atoms with Crippen molar-refractivity contribution in [2.24, 2.45) is 0 Å². The number of aliphatic hydroxyl groups excluding tert-OH is 2. The second kappa shape index (κ2) is 9.20. The third-order valence-corrected chi connectivity index (χ3v) is 4.04. The van der Waals surface area contributed by atoms with Gasteiger partial charge in [-0.2, -0.15) is 0 Å². The quantitative estimate of drug-likeness (QED) is 0.384. The Labute approximate surface area is 147 Å². The van der Waals surface area contributed by atoms with E-state index in [-0.39, 0.29) is 18.9 Å². The van der Waals surface area contributed by atoms with Crippen LogP contribution in [0.5, 0.6) is 0 Å². The molecule has 10 nitrogen and oxygen atoms in total. The summed E-state index contributed by atoms with van der Waals surface area (Å²) in [5.74, 6) is -0.212. The predicted octanol–water partition coefficient (Wildman–Crippen LogP) is -2.45. The Bertz CT molecular complexity index is 552. The molecule has 1 saturated heterocycles. The first-order valence-electron chi connectivity index (χ1n) is 8.37. The van der Waals surface area contributed by atoms with Crippen molar-refractivity contribution >= 4 is 5.91 Å². The van der Waals surface area contributed by atoms with Gasteiger partial charge in [-0.3, -0.25) is 4.79 Å². The molecule has 1 fully saturated rings. The van der Waals surface area contributed by atoms with Gasteiger partial charge in [-0.05, 0) is 21.1 Å². The van der Waals surface area contributed by atoms with Crippen LogP contribution in [0.25, 0.3) is 0 Å². The smallest absolute Gasteiger partial charge is 0.222 e. The van der Waals surface area contributed by atoms with Gasteiger partial charge < -0.3 is 30.5 Å². The molecule has 0 aliphatic carbocycles. The first-order valence-corrected chi connectivity index (χ1v) is 8.37. The molecule has 0 bridgehead atoms. The summed E-state index contributed by atoms with van der Waals surface area (Å²) in [6.45, 7) is 2.10. The number of hydrogen-bond acceptors (Lipinski definition) is 8. The SMILES string of the molecule is CNCc1cn(C[C@@H]2O[C@@H](CC(=O)NCCN(C)C)[C@H](O)[C@@H]2O)nn1. The lowest BCUT2D eigenvalue weighted by Crippen LogP contribution is -2.37. The first-order chi connectivity index (χ1) is 11.9. The molecule has 1 aliphatic heterocycles. The number of hydrogen-bond donors (Lipinski definition) is 4. The zero-order valence-electron chi connectivity index (χ0n) is 14.9. The zero-order chi connectivity index (χ0) is 18.4. The Morgan fingerprint density at radius 1 is 1.36 bits per heavy atom. The fourth-order valence-electron chi connectivity index (χ4n) is 2.69. The summed E-state index contributed by atoms with van der Waals surface area (Å²) in [6.07, 6.45) is -1.80. The fourth-order valence-corrected chi connectivity index (χ4v) is 2.69. The second-order valence-corrected chi connectivity index (χ2v) is 6.51. The van der Waals surface area contributed by atoms with Gasteiger partial charge in [-0.25, -0.2) is 4.68 Å². The van der Waals surface area contributed by atoms with Crippen LogP contribution in [0.2, 0.25) is 0 Å². The third-order valence-electron chi connectivity index (χ3n) is 4.04. The normalized spacial score (nSPS) is 26.3. The maximum absolute atomic E-state index is 11.9. The molecule has 10 heteroatoms. The van der Waals surface area contributed by atoms with E-state index in [1.165, 1.54) is 0 Å². The minimum Gasteiger partial charge on any atom is -0.388 e. The first kappa shape index (κ1) is 19.7. The van der Waals surface area contributed by atoms with Gasteiger partial charge in [0.25, 0.3) is 0 Å². The van der Waals surface area contributed by atoms with Crippen LogP contribution in [0.4, 0.5) is 0 Å². The molecule has 1 amide bonds. The van der Waals surface area contributed by atoms with Crippen molar-refractivity contribution in [2.75, 3.05) is 34.2 Å². The van der Waals surface area contributed by atoms with Gasteiger partial charge in [-0.1, -0.05) is 5.21 Å². The summed E-state index contributed by atoms with van der Waals surface area (Å²) in [5.41, 5.74) is 0.771. The van der Waals surface area contributed by atoms with E-state index in [2.05, 4.69) is 20.9 Å². The number of amides is 1. The van der Waals surface area contributed by atoms with E-state index >= 15 is 0 Å². The molecular formula is C15H28N6O4. The fraction of sp³-hybridized carbons (Fsp3) is 0.800. The van der Waals surface area contributed by atoms with E-state index in [1.54, 1.807) is 10.9 Å². The van der Waals surface area contributed by atoms with Gasteiger partial charge in [0.1, 0.15) is 18.3 Å². The van der Waals surface area contributed by atoms with Crippen molar-refractivity contribution in [3.8, 4) is 0 Å². The Morgan fingerprint density at radius 3 is 2.76 bits per heavy atom. The third kappa shape index (κ3) is 5.72. The summed E-state index contributed by atoms with van der Waals surface area (Å²) < 4.78 is 7.24. The highest BCUT2D eigenvalue weighted by Crippen LogP contribution is 2.24. The number of aliphatic hydroxyl groups is 2. The van der Waals surface area contributed by atoms with Crippen molar-refractivity contribution in [2.45, 2.75) is 43.9 Å². The molecule has 0 radical (unpaired) electrons. The minimum absolute atomic E-state index is 0.00448. The number of rotatable bonds is 9. The molecule has 1 aromatic rings. The topological polar surface area (TPSA) is 125 Å². The number of carbonyl (C=O) groups is 1. The standard InChI is InChI=1S/C15H28N6O4/c1-16-7-10-8-21(19-18-10)9-12-15(24)14(23)11(25-12)6-13(22)17-4-5-20(2)3/h8,11-12,14-16,23-24H,4-7,9H2,1-3H3,(H,17,22)/t11-,12-,14-,15+/m0/s1. The lowest BCUT2D eigenvalue weighted by Gasteiger charge is -2.15. The Kier molecular flexibility index (Phi) is 7.26. The Balaban J connectivity index is 1.83. The molecule has 0 aromatic carbocycles. The highest BCUT2D eigenvalue weighted by atomic mass is 16.5. The number of ether oxygens (including phenoxy) is 1. The van der Waals surface area contributed by atoms with Crippen LogP contribution in [0.15, 0.2) is 6.20 Å².